The zero-order valence-corrected chi connectivity index (χ0v) is 19.9. The Morgan fingerprint density at radius 3 is 2.54 bits per heavy atom. The fourth-order valence-corrected chi connectivity index (χ4v) is 4.73. The van der Waals surface area contributed by atoms with Crippen LogP contribution in [0.15, 0.2) is 55.1 Å². The number of nitrogens with two attached hydrogens (primary N) is 1. The Labute approximate surface area is 203 Å². The van der Waals surface area contributed by atoms with E-state index in [-0.39, 0.29) is 0 Å². The quantitative estimate of drug-likeness (QED) is 0.312. The number of hydrogen-bond acceptors (Lipinski definition) is 7. The van der Waals surface area contributed by atoms with Crippen LogP contribution in [0, 0.1) is 13.8 Å². The number of nitrogens with zero attached hydrogens (tertiary/aromatic N) is 5. The molecule has 0 spiro atoms. The lowest BCUT2D eigenvalue weighted by molar-refractivity contribution is 0.894. The predicted molar refractivity (Wildman–Crippen MR) is 139 cm³/mol. The molecular formula is C27H28N8. The third kappa shape index (κ3) is 4.23. The Morgan fingerprint density at radius 2 is 1.74 bits per heavy atom. The van der Waals surface area contributed by atoms with Crippen LogP contribution >= 0.6 is 0 Å². The fraction of sp³-hybridized carbons (Fsp3) is 0.259. The van der Waals surface area contributed by atoms with Crippen molar-refractivity contribution >= 4 is 33.7 Å². The molecule has 1 aliphatic carbocycles. The van der Waals surface area contributed by atoms with Crippen molar-refractivity contribution in [2.24, 2.45) is 0 Å². The van der Waals surface area contributed by atoms with Crippen molar-refractivity contribution in [1.29, 1.82) is 0 Å². The molecule has 1 fully saturated rings. The van der Waals surface area contributed by atoms with Crippen LogP contribution in [-0.2, 0) is 13.1 Å². The smallest absolute Gasteiger partial charge is 0.131 e. The highest BCUT2D eigenvalue weighted by Crippen LogP contribution is 2.40. The van der Waals surface area contributed by atoms with Crippen molar-refractivity contribution in [2.75, 3.05) is 16.4 Å². The number of benzene rings is 1. The molecule has 4 N–H and O–H groups in total. The van der Waals surface area contributed by atoms with E-state index in [1.165, 1.54) is 35.1 Å². The topological polar surface area (TPSA) is 106 Å². The van der Waals surface area contributed by atoms with Gasteiger partial charge in [0.15, 0.2) is 0 Å². The second-order valence-electron chi connectivity index (χ2n) is 9.32. The summed E-state index contributed by atoms with van der Waals surface area (Å²) < 4.78 is 1.94. The molecule has 4 aromatic heterocycles. The van der Waals surface area contributed by atoms with Gasteiger partial charge in [0.1, 0.15) is 23.8 Å². The van der Waals surface area contributed by atoms with E-state index >= 15 is 0 Å². The first-order valence-electron chi connectivity index (χ1n) is 12.0. The van der Waals surface area contributed by atoms with Gasteiger partial charge in [-0.15, -0.1) is 0 Å². The monoisotopic (exact) mass is 464 g/mol. The fourth-order valence-electron chi connectivity index (χ4n) is 4.73. The molecule has 0 unspecified atom stereocenters. The normalized spacial score (nSPS) is 13.4. The van der Waals surface area contributed by atoms with E-state index in [4.69, 9.17) is 5.73 Å². The van der Waals surface area contributed by atoms with Crippen LogP contribution in [-0.4, -0.2) is 24.6 Å². The van der Waals surface area contributed by atoms with Crippen molar-refractivity contribution in [3.63, 3.8) is 0 Å². The minimum atomic E-state index is 0.564. The van der Waals surface area contributed by atoms with E-state index in [0.29, 0.717) is 18.9 Å². The number of nitrogen functional groups attached to an aromatic ring is 1. The van der Waals surface area contributed by atoms with Crippen LogP contribution in [0.1, 0.15) is 46.7 Å². The van der Waals surface area contributed by atoms with Crippen LogP contribution < -0.4 is 16.4 Å². The largest absolute Gasteiger partial charge is 0.383 e. The van der Waals surface area contributed by atoms with Gasteiger partial charge in [-0.3, -0.25) is 0 Å². The molecule has 4 heterocycles. The highest BCUT2D eigenvalue weighted by Gasteiger charge is 2.23. The maximum Gasteiger partial charge on any atom is 0.131 e. The Bertz CT molecular complexity index is 1550. The summed E-state index contributed by atoms with van der Waals surface area (Å²) in [6.07, 6.45) is 7.99. The molecule has 1 aliphatic rings. The molecule has 0 atom stereocenters. The summed E-state index contributed by atoms with van der Waals surface area (Å²) in [6.45, 7) is 5.48. The lowest BCUT2D eigenvalue weighted by atomic mass is 9.96. The molecule has 0 bridgehead atoms. The van der Waals surface area contributed by atoms with Crippen molar-refractivity contribution in [1.82, 2.24) is 24.6 Å². The molecule has 176 valence electrons. The molecule has 0 amide bonds. The summed E-state index contributed by atoms with van der Waals surface area (Å²) in [7, 11) is 0. The van der Waals surface area contributed by atoms with Crippen LogP contribution in [0.4, 0.5) is 17.5 Å². The summed E-state index contributed by atoms with van der Waals surface area (Å²) in [5.41, 5.74) is 13.2. The predicted octanol–water partition coefficient (Wildman–Crippen LogP) is 4.97. The number of hydrogen-bond donors (Lipinski definition) is 3. The highest BCUT2D eigenvalue weighted by atomic mass is 15.2. The van der Waals surface area contributed by atoms with Gasteiger partial charge in [-0.05, 0) is 90.6 Å². The molecule has 8 nitrogen and oxygen atoms in total. The van der Waals surface area contributed by atoms with Crippen LogP contribution in [0.3, 0.4) is 0 Å². The number of pyridine rings is 2. The maximum absolute atomic E-state index is 6.08. The number of nitrogens with one attached hydrogen (secondary N) is 2. The molecule has 1 aromatic carbocycles. The van der Waals surface area contributed by atoms with E-state index in [2.05, 4.69) is 75.0 Å². The Hall–Kier alpha value is -4.20. The summed E-state index contributed by atoms with van der Waals surface area (Å²) in [5.74, 6) is 2.82. The second-order valence-corrected chi connectivity index (χ2v) is 9.32. The number of aryl methyl sites for hydroxylation is 2. The van der Waals surface area contributed by atoms with Gasteiger partial charge in [0.05, 0.1) is 17.8 Å². The van der Waals surface area contributed by atoms with Crippen molar-refractivity contribution in [3.8, 4) is 0 Å². The minimum Gasteiger partial charge on any atom is -0.383 e. The second kappa shape index (κ2) is 8.54. The molecule has 0 radical (unpaired) electrons. The molecule has 5 aromatic rings. The summed E-state index contributed by atoms with van der Waals surface area (Å²) in [6, 6.07) is 12.6. The lowest BCUT2D eigenvalue weighted by Gasteiger charge is -2.15. The van der Waals surface area contributed by atoms with Gasteiger partial charge in [-0.1, -0.05) is 0 Å². The number of rotatable bonds is 7. The van der Waals surface area contributed by atoms with Gasteiger partial charge in [0.2, 0.25) is 0 Å². The molecule has 0 saturated heterocycles. The third-order valence-corrected chi connectivity index (χ3v) is 6.87. The molecule has 8 heteroatoms. The number of aromatic nitrogens is 5. The number of anilines is 3. The standard InChI is InChI=1S/C27H28N8/c1-16-9-23-22(5-7-29-27(23)28)17(2)24(16)14-31-26-12-25(32-15-33-26)30-13-20-11-21-10-19(18-3-4-18)6-8-35(21)34-20/h5-12,15,18H,3-4,13-14H2,1-2H3,(H2,28,29)(H2,30,31,32,33). The zero-order valence-electron chi connectivity index (χ0n) is 19.9. The van der Waals surface area contributed by atoms with Crippen molar-refractivity contribution in [3.05, 3.63) is 83.1 Å². The molecule has 35 heavy (non-hydrogen) atoms. The average molecular weight is 465 g/mol. The van der Waals surface area contributed by atoms with Gasteiger partial charge in [0.25, 0.3) is 0 Å². The van der Waals surface area contributed by atoms with Crippen LogP contribution in [0.25, 0.3) is 16.3 Å². The molecule has 1 saturated carbocycles. The minimum absolute atomic E-state index is 0.564. The Balaban J connectivity index is 1.15. The van der Waals surface area contributed by atoms with E-state index in [1.807, 2.05) is 16.6 Å². The van der Waals surface area contributed by atoms with E-state index in [1.54, 1.807) is 12.5 Å². The van der Waals surface area contributed by atoms with Crippen molar-refractivity contribution < 1.29 is 0 Å². The Morgan fingerprint density at radius 1 is 0.943 bits per heavy atom. The van der Waals surface area contributed by atoms with Gasteiger partial charge in [-0.2, -0.15) is 5.10 Å². The van der Waals surface area contributed by atoms with Gasteiger partial charge in [-0.25, -0.2) is 19.5 Å². The SMILES string of the molecule is Cc1cc2c(N)nccc2c(C)c1CNc1cc(NCc2cc3cc(C4CC4)ccn3n2)ncn1. The van der Waals surface area contributed by atoms with Gasteiger partial charge >= 0.3 is 0 Å². The van der Waals surface area contributed by atoms with E-state index < -0.39 is 0 Å². The average Bonchev–Trinajstić information content (AvgIpc) is 3.63. The third-order valence-electron chi connectivity index (χ3n) is 6.87. The summed E-state index contributed by atoms with van der Waals surface area (Å²) in [5, 5.41) is 13.6. The molecule has 6 rings (SSSR count). The lowest BCUT2D eigenvalue weighted by Crippen LogP contribution is -2.08. The molecule has 0 aliphatic heterocycles. The van der Waals surface area contributed by atoms with E-state index in [9.17, 15) is 0 Å². The van der Waals surface area contributed by atoms with Crippen molar-refractivity contribution in [2.45, 2.75) is 45.7 Å². The van der Waals surface area contributed by atoms with Gasteiger partial charge in [0, 0.05) is 30.4 Å². The van der Waals surface area contributed by atoms with Crippen LogP contribution in [0.5, 0.6) is 0 Å². The zero-order chi connectivity index (χ0) is 23.9. The van der Waals surface area contributed by atoms with Gasteiger partial charge < -0.3 is 16.4 Å². The van der Waals surface area contributed by atoms with Crippen LogP contribution in [0.2, 0.25) is 0 Å². The first-order chi connectivity index (χ1) is 17.0. The Kier molecular flexibility index (Phi) is 5.21. The van der Waals surface area contributed by atoms with E-state index in [0.717, 1.165) is 39.5 Å². The summed E-state index contributed by atoms with van der Waals surface area (Å²) in [4.78, 5) is 13.0. The first kappa shape index (κ1) is 21.3. The highest BCUT2D eigenvalue weighted by molar-refractivity contribution is 5.94. The number of fused-ring (bicyclic) bond motifs is 2. The maximum atomic E-state index is 6.08. The summed E-state index contributed by atoms with van der Waals surface area (Å²) >= 11 is 0. The molecular weight excluding hydrogens is 436 g/mol. The first-order valence-corrected chi connectivity index (χ1v) is 12.0.